The first kappa shape index (κ1) is 20.9. The van der Waals surface area contributed by atoms with Crippen LogP contribution in [0, 0.1) is 0 Å². The molecule has 0 aliphatic carbocycles. The van der Waals surface area contributed by atoms with Crippen molar-refractivity contribution in [2.24, 2.45) is 0 Å². The second-order valence-corrected chi connectivity index (χ2v) is 8.28. The summed E-state index contributed by atoms with van der Waals surface area (Å²) in [6.07, 6.45) is 0. The molecule has 150 valence electrons. The molecule has 0 spiro atoms. The van der Waals surface area contributed by atoms with Crippen LogP contribution in [0.3, 0.4) is 0 Å². The van der Waals surface area contributed by atoms with E-state index in [-0.39, 0.29) is 22.0 Å². The van der Waals surface area contributed by atoms with E-state index in [9.17, 15) is 13.2 Å². The zero-order valence-corrected chi connectivity index (χ0v) is 17.1. The highest BCUT2D eigenvalue weighted by Crippen LogP contribution is 2.24. The van der Waals surface area contributed by atoms with E-state index in [1.54, 1.807) is 24.3 Å². The molecule has 3 aromatic carbocycles. The molecule has 0 saturated heterocycles. The van der Waals surface area contributed by atoms with Crippen LogP contribution >= 0.6 is 11.6 Å². The Kier molecular flexibility index (Phi) is 6.53. The summed E-state index contributed by atoms with van der Waals surface area (Å²) in [5.74, 6) is 0.127. The molecular formula is C21H19ClN2O4S. The number of sulfonamides is 1. The number of carbonyl (C=O) groups is 1. The fourth-order valence-electron chi connectivity index (χ4n) is 2.61. The number of benzene rings is 3. The highest BCUT2D eigenvalue weighted by molar-refractivity contribution is 7.89. The third kappa shape index (κ3) is 5.35. The van der Waals surface area contributed by atoms with Crippen LogP contribution in [0.25, 0.3) is 0 Å². The molecule has 29 heavy (non-hydrogen) atoms. The topological polar surface area (TPSA) is 84.5 Å². The van der Waals surface area contributed by atoms with Crippen molar-refractivity contribution in [2.45, 2.75) is 11.4 Å². The van der Waals surface area contributed by atoms with E-state index in [2.05, 4.69) is 10.0 Å². The van der Waals surface area contributed by atoms with Crippen molar-refractivity contribution in [3.8, 4) is 5.75 Å². The molecule has 0 radical (unpaired) electrons. The largest absolute Gasteiger partial charge is 0.497 e. The van der Waals surface area contributed by atoms with E-state index >= 15 is 0 Å². The van der Waals surface area contributed by atoms with Gasteiger partial charge in [-0.25, -0.2) is 13.1 Å². The molecule has 3 aromatic rings. The van der Waals surface area contributed by atoms with Gasteiger partial charge in [0, 0.05) is 23.9 Å². The van der Waals surface area contributed by atoms with Gasteiger partial charge in [-0.15, -0.1) is 0 Å². The van der Waals surface area contributed by atoms with Gasteiger partial charge in [0.15, 0.2) is 0 Å². The summed E-state index contributed by atoms with van der Waals surface area (Å²) in [5, 5.41) is 2.74. The van der Waals surface area contributed by atoms with Crippen LogP contribution in [0.1, 0.15) is 15.9 Å². The van der Waals surface area contributed by atoms with Crippen LogP contribution in [0.15, 0.2) is 77.7 Å². The summed E-state index contributed by atoms with van der Waals surface area (Å²) >= 11 is 6.10. The number of nitrogens with one attached hydrogen (secondary N) is 2. The van der Waals surface area contributed by atoms with E-state index < -0.39 is 15.9 Å². The average molecular weight is 431 g/mol. The first-order chi connectivity index (χ1) is 13.9. The molecule has 0 aliphatic rings. The van der Waals surface area contributed by atoms with Gasteiger partial charge in [0.25, 0.3) is 5.91 Å². The number of carbonyl (C=O) groups excluding carboxylic acids is 1. The van der Waals surface area contributed by atoms with Gasteiger partial charge in [0.05, 0.1) is 12.1 Å². The fraction of sp³-hybridized carbons (Fsp3) is 0.0952. The Bertz CT molecular complexity index is 1120. The van der Waals surface area contributed by atoms with E-state index in [1.165, 1.54) is 25.3 Å². The van der Waals surface area contributed by atoms with Crippen molar-refractivity contribution in [1.82, 2.24) is 4.72 Å². The molecule has 8 heteroatoms. The molecule has 0 unspecified atom stereocenters. The van der Waals surface area contributed by atoms with E-state index in [4.69, 9.17) is 16.3 Å². The van der Waals surface area contributed by atoms with Crippen molar-refractivity contribution in [2.75, 3.05) is 12.4 Å². The molecule has 0 bridgehead atoms. The predicted molar refractivity (Wildman–Crippen MR) is 113 cm³/mol. The first-order valence-electron chi connectivity index (χ1n) is 8.67. The van der Waals surface area contributed by atoms with Crippen molar-refractivity contribution < 1.29 is 17.9 Å². The number of hydrogen-bond acceptors (Lipinski definition) is 4. The van der Waals surface area contributed by atoms with Gasteiger partial charge in [-0.3, -0.25) is 4.79 Å². The Labute approximate surface area is 174 Å². The lowest BCUT2D eigenvalue weighted by molar-refractivity contribution is 0.102. The van der Waals surface area contributed by atoms with Gasteiger partial charge in [-0.1, -0.05) is 48.0 Å². The molecular weight excluding hydrogens is 412 g/mol. The number of halogens is 1. The molecule has 0 saturated carbocycles. The monoisotopic (exact) mass is 430 g/mol. The normalized spacial score (nSPS) is 11.1. The lowest BCUT2D eigenvalue weighted by atomic mass is 10.2. The number of ether oxygens (including phenoxy) is 1. The Balaban J connectivity index is 1.80. The maximum atomic E-state index is 12.7. The van der Waals surface area contributed by atoms with Crippen LogP contribution in [0.4, 0.5) is 5.69 Å². The fourth-order valence-corrected chi connectivity index (χ4v) is 4.15. The van der Waals surface area contributed by atoms with Gasteiger partial charge < -0.3 is 10.1 Å². The van der Waals surface area contributed by atoms with Crippen molar-refractivity contribution in [1.29, 1.82) is 0 Å². The number of hydrogen-bond donors (Lipinski definition) is 2. The minimum Gasteiger partial charge on any atom is -0.497 e. The number of anilines is 1. The average Bonchev–Trinajstić information content (AvgIpc) is 2.73. The summed E-state index contributed by atoms with van der Waals surface area (Å²) in [6.45, 7) is 0.111. The maximum Gasteiger partial charge on any atom is 0.255 e. The van der Waals surface area contributed by atoms with Crippen LogP contribution in [-0.2, 0) is 16.6 Å². The number of methoxy groups -OCH3 is 1. The molecule has 0 heterocycles. The predicted octanol–water partition coefficient (Wildman–Crippen LogP) is 4.08. The van der Waals surface area contributed by atoms with Crippen LogP contribution in [0.5, 0.6) is 5.75 Å². The Morgan fingerprint density at radius 2 is 1.76 bits per heavy atom. The van der Waals surface area contributed by atoms with Crippen LogP contribution in [0.2, 0.25) is 5.02 Å². The van der Waals surface area contributed by atoms with Gasteiger partial charge in [-0.05, 0) is 35.9 Å². The minimum absolute atomic E-state index is 0.0310. The lowest BCUT2D eigenvalue weighted by Gasteiger charge is -2.11. The first-order valence-corrected chi connectivity index (χ1v) is 10.5. The molecule has 2 N–H and O–H groups in total. The molecule has 0 aromatic heterocycles. The van der Waals surface area contributed by atoms with Gasteiger partial charge in [0.2, 0.25) is 10.0 Å². The van der Waals surface area contributed by atoms with Crippen molar-refractivity contribution in [3.05, 3.63) is 88.9 Å². The third-order valence-electron chi connectivity index (χ3n) is 4.12. The zero-order chi connectivity index (χ0) is 20.9. The quantitative estimate of drug-likeness (QED) is 0.591. The SMILES string of the molecule is COc1cccc(NC(=O)c2ccc(Cl)c(S(=O)(=O)NCc3ccccc3)c2)c1. The van der Waals surface area contributed by atoms with Gasteiger partial charge >= 0.3 is 0 Å². The second-order valence-electron chi connectivity index (χ2n) is 6.14. The second kappa shape index (κ2) is 9.09. The summed E-state index contributed by atoms with van der Waals surface area (Å²) in [7, 11) is -2.38. The van der Waals surface area contributed by atoms with E-state index in [0.717, 1.165) is 5.56 Å². The highest BCUT2D eigenvalue weighted by atomic mass is 35.5. The van der Waals surface area contributed by atoms with E-state index in [1.807, 2.05) is 30.3 Å². The summed E-state index contributed by atoms with van der Waals surface area (Å²) in [4.78, 5) is 12.4. The standard InChI is InChI=1S/C21H19ClN2O4S/c1-28-18-9-5-8-17(13-18)24-21(25)16-10-11-19(22)20(12-16)29(26,27)23-14-15-6-3-2-4-7-15/h2-13,23H,14H2,1H3,(H,24,25). The Hall–Kier alpha value is -2.87. The lowest BCUT2D eigenvalue weighted by Crippen LogP contribution is -2.24. The summed E-state index contributed by atoms with van der Waals surface area (Å²) < 4.78 is 33.0. The van der Waals surface area contributed by atoms with Crippen LogP contribution in [-0.4, -0.2) is 21.4 Å². The Morgan fingerprint density at radius 1 is 1.00 bits per heavy atom. The number of amides is 1. The molecule has 0 aliphatic heterocycles. The smallest absolute Gasteiger partial charge is 0.255 e. The number of rotatable bonds is 7. The third-order valence-corrected chi connectivity index (χ3v) is 6.00. The maximum absolute atomic E-state index is 12.7. The zero-order valence-electron chi connectivity index (χ0n) is 15.6. The Morgan fingerprint density at radius 3 is 2.48 bits per heavy atom. The highest BCUT2D eigenvalue weighted by Gasteiger charge is 2.20. The van der Waals surface area contributed by atoms with Crippen molar-refractivity contribution >= 4 is 33.2 Å². The molecule has 3 rings (SSSR count). The van der Waals surface area contributed by atoms with Crippen molar-refractivity contribution in [3.63, 3.8) is 0 Å². The summed E-state index contributed by atoms with van der Waals surface area (Å²) in [6, 6.07) is 20.1. The van der Waals surface area contributed by atoms with Gasteiger partial charge in [-0.2, -0.15) is 0 Å². The van der Waals surface area contributed by atoms with Crippen LogP contribution < -0.4 is 14.8 Å². The van der Waals surface area contributed by atoms with Gasteiger partial charge in [0.1, 0.15) is 10.6 Å². The molecule has 0 atom stereocenters. The molecule has 0 fully saturated rings. The molecule has 6 nitrogen and oxygen atoms in total. The minimum atomic E-state index is -3.91. The molecule has 1 amide bonds. The van der Waals surface area contributed by atoms with E-state index in [0.29, 0.717) is 11.4 Å². The summed E-state index contributed by atoms with van der Waals surface area (Å²) in [5.41, 5.74) is 1.49.